The topological polar surface area (TPSA) is 178 Å². The monoisotopic (exact) mass is 1040 g/mol. The molecule has 0 spiro atoms. The lowest BCUT2D eigenvalue weighted by Crippen LogP contribution is -2.60. The quantitative estimate of drug-likeness (QED) is 0.0196. The highest BCUT2D eigenvalue weighted by molar-refractivity contribution is 7.80. The van der Waals surface area contributed by atoms with Gasteiger partial charge >= 0.3 is 16.4 Å². The lowest BCUT2D eigenvalue weighted by Gasteiger charge is -2.41. The van der Waals surface area contributed by atoms with E-state index in [-0.39, 0.29) is 19.6 Å². The number of ether oxygens (including phenoxy) is 4. The molecule has 13 heteroatoms. The first-order valence-electron chi connectivity index (χ1n) is 29.0. The van der Waals surface area contributed by atoms with Crippen LogP contribution in [0.5, 0.6) is 0 Å². The van der Waals surface area contributed by atoms with Gasteiger partial charge < -0.3 is 34.3 Å². The number of aliphatic hydroxyl groups excluding tert-OH is 3. The second-order valence-corrected chi connectivity index (χ2v) is 20.9. The summed E-state index contributed by atoms with van der Waals surface area (Å²) in [6.45, 7) is 3.90. The van der Waals surface area contributed by atoms with Crippen LogP contribution >= 0.6 is 0 Å². The number of esters is 1. The van der Waals surface area contributed by atoms with E-state index >= 15 is 0 Å². The maximum absolute atomic E-state index is 12.9. The second kappa shape index (κ2) is 49.7. The van der Waals surface area contributed by atoms with Gasteiger partial charge in [-0.3, -0.25) is 9.35 Å². The van der Waals surface area contributed by atoms with Crippen LogP contribution in [0.2, 0.25) is 0 Å². The molecule has 1 rings (SSSR count). The summed E-state index contributed by atoms with van der Waals surface area (Å²) >= 11 is 0. The van der Waals surface area contributed by atoms with Crippen molar-refractivity contribution < 1.29 is 56.2 Å². The van der Waals surface area contributed by atoms with Crippen molar-refractivity contribution in [3.63, 3.8) is 0 Å². The second-order valence-electron chi connectivity index (χ2n) is 19.9. The van der Waals surface area contributed by atoms with Crippen molar-refractivity contribution >= 4 is 16.4 Å². The fourth-order valence-electron chi connectivity index (χ4n) is 8.82. The maximum Gasteiger partial charge on any atom is 0.397 e. The average Bonchev–Trinajstić information content (AvgIpc) is 3.36. The highest BCUT2D eigenvalue weighted by atomic mass is 32.3. The van der Waals surface area contributed by atoms with Gasteiger partial charge in [0.25, 0.3) is 0 Å². The van der Waals surface area contributed by atoms with Crippen molar-refractivity contribution in [2.24, 2.45) is 0 Å². The van der Waals surface area contributed by atoms with E-state index in [1.807, 2.05) is 0 Å². The number of carbonyl (C=O) groups excluding carboxylic acids is 1. The fraction of sp³-hybridized carbons (Fsp3) is 0.814. The maximum atomic E-state index is 12.9. The molecule has 0 aromatic carbocycles. The van der Waals surface area contributed by atoms with Crippen LogP contribution in [0.25, 0.3) is 0 Å². The van der Waals surface area contributed by atoms with E-state index in [0.717, 1.165) is 83.5 Å². The van der Waals surface area contributed by atoms with E-state index in [4.69, 9.17) is 18.9 Å². The summed E-state index contributed by atoms with van der Waals surface area (Å²) in [6.07, 6.45) is 55.5. The third kappa shape index (κ3) is 42.1. The third-order valence-electron chi connectivity index (χ3n) is 13.2. The lowest BCUT2D eigenvalue weighted by atomic mass is 9.99. The van der Waals surface area contributed by atoms with Gasteiger partial charge in [-0.25, -0.2) is 4.18 Å². The van der Waals surface area contributed by atoms with E-state index in [0.29, 0.717) is 13.0 Å². The number of carbonyl (C=O) groups is 1. The van der Waals surface area contributed by atoms with Crippen molar-refractivity contribution in [2.45, 2.75) is 282 Å². The standard InChI is InChI=1S/C59H106O12S/c1-3-5-7-9-11-13-15-17-19-21-23-25-26-27-29-31-33-35-37-39-41-43-45-47-49-67-51-53(52-68-59-57(63)58(71-72(64,65)66)56(62)54(50-60)70-59)69-55(61)48-46-44-42-40-38-36-34-32-30-28-24-22-20-18-16-14-12-10-8-6-4-2/h6,8,12,14,18,20,24,28,32,34,53-54,56-60,62-63H,3-5,7,9-11,13,15-17,19,21-23,25-27,29-31,33,35-52H2,1-2H3,(H,64,65,66)/b8-6-,14-12-,20-18-,28-24-,34-32-. The molecule has 72 heavy (non-hydrogen) atoms. The first-order chi connectivity index (χ1) is 35.1. The van der Waals surface area contributed by atoms with Crippen molar-refractivity contribution in [1.29, 1.82) is 0 Å². The molecule has 0 aromatic heterocycles. The van der Waals surface area contributed by atoms with Gasteiger partial charge in [-0.2, -0.15) is 8.42 Å². The summed E-state index contributed by atoms with van der Waals surface area (Å²) < 4.78 is 59.4. The zero-order valence-electron chi connectivity index (χ0n) is 45.5. The molecule has 4 N–H and O–H groups in total. The van der Waals surface area contributed by atoms with Crippen LogP contribution in [-0.4, -0.2) is 97.5 Å². The van der Waals surface area contributed by atoms with Gasteiger partial charge in [0.2, 0.25) is 0 Å². The smallest absolute Gasteiger partial charge is 0.397 e. The van der Waals surface area contributed by atoms with E-state index < -0.39 is 59.8 Å². The van der Waals surface area contributed by atoms with Crippen molar-refractivity contribution in [1.82, 2.24) is 0 Å². The molecule has 0 aliphatic carbocycles. The molecule has 420 valence electrons. The third-order valence-corrected chi connectivity index (χ3v) is 13.6. The molecule has 0 amide bonds. The van der Waals surface area contributed by atoms with E-state index in [1.54, 1.807) is 0 Å². The molecular weight excluding hydrogens is 933 g/mol. The number of rotatable bonds is 51. The number of unbranched alkanes of at least 4 members (excludes halogenated alkanes) is 28. The minimum atomic E-state index is -5.07. The molecule has 1 saturated heterocycles. The van der Waals surface area contributed by atoms with Crippen LogP contribution < -0.4 is 0 Å². The van der Waals surface area contributed by atoms with Crippen LogP contribution in [0, 0.1) is 0 Å². The molecule has 1 heterocycles. The number of allylic oxidation sites excluding steroid dienone is 10. The average molecular weight is 1040 g/mol. The molecule has 0 aromatic rings. The van der Waals surface area contributed by atoms with Gasteiger partial charge in [-0.1, -0.05) is 242 Å². The Labute approximate surface area is 439 Å². The summed E-state index contributed by atoms with van der Waals surface area (Å²) in [6, 6.07) is 0. The molecule has 0 saturated carbocycles. The first-order valence-corrected chi connectivity index (χ1v) is 30.4. The van der Waals surface area contributed by atoms with Gasteiger partial charge in [0.05, 0.1) is 19.8 Å². The summed E-state index contributed by atoms with van der Waals surface area (Å²) in [4.78, 5) is 12.9. The molecule has 0 bridgehead atoms. The van der Waals surface area contributed by atoms with Crippen molar-refractivity contribution in [2.75, 3.05) is 26.4 Å². The van der Waals surface area contributed by atoms with E-state index in [2.05, 4.69) is 78.8 Å². The van der Waals surface area contributed by atoms with Gasteiger partial charge in [0.1, 0.15) is 30.5 Å². The minimum absolute atomic E-state index is 0.0285. The van der Waals surface area contributed by atoms with Crippen molar-refractivity contribution in [3.8, 4) is 0 Å². The Balaban J connectivity index is 2.30. The molecule has 6 unspecified atom stereocenters. The Morgan fingerprint density at radius 3 is 1.40 bits per heavy atom. The fourth-order valence-corrected chi connectivity index (χ4v) is 9.33. The first kappa shape index (κ1) is 67.8. The number of aliphatic hydroxyl groups is 3. The van der Waals surface area contributed by atoms with Gasteiger partial charge in [-0.05, 0) is 57.8 Å². The van der Waals surface area contributed by atoms with Crippen molar-refractivity contribution in [3.05, 3.63) is 60.8 Å². The highest BCUT2D eigenvalue weighted by Crippen LogP contribution is 2.26. The van der Waals surface area contributed by atoms with Crippen LogP contribution in [0.1, 0.15) is 245 Å². The van der Waals surface area contributed by atoms with Crippen LogP contribution in [0.4, 0.5) is 0 Å². The van der Waals surface area contributed by atoms with Crippen LogP contribution in [-0.2, 0) is 38.3 Å². The normalized spacial score (nSPS) is 19.3. The Morgan fingerprint density at radius 2 is 0.958 bits per heavy atom. The molecule has 1 fully saturated rings. The van der Waals surface area contributed by atoms with E-state index in [1.165, 1.54) is 135 Å². The molecule has 6 atom stereocenters. The largest absolute Gasteiger partial charge is 0.457 e. The highest BCUT2D eigenvalue weighted by Gasteiger charge is 2.48. The summed E-state index contributed by atoms with van der Waals surface area (Å²) in [5.41, 5.74) is 0. The molecule has 12 nitrogen and oxygen atoms in total. The van der Waals surface area contributed by atoms with E-state index in [9.17, 15) is 33.1 Å². The number of hydrogen-bond donors (Lipinski definition) is 4. The predicted molar refractivity (Wildman–Crippen MR) is 294 cm³/mol. The lowest BCUT2D eigenvalue weighted by molar-refractivity contribution is -0.301. The van der Waals surface area contributed by atoms with Crippen LogP contribution in [0.3, 0.4) is 0 Å². The SMILES string of the molecule is CC/C=C\C/C=C\C/C=C\C/C=C\C/C=C\CCCCCCCC(=O)OC(COCCCCCCCCCCCCCCCCCCCCCCCCCC)COC1OC(CO)C(O)C(OS(=O)(=O)O)C1O. The summed E-state index contributed by atoms with van der Waals surface area (Å²) in [5.74, 6) is -0.415. The van der Waals surface area contributed by atoms with Gasteiger partial charge in [0, 0.05) is 13.0 Å². The molecule has 1 aliphatic rings. The summed E-state index contributed by atoms with van der Waals surface area (Å²) in [5, 5.41) is 30.8. The predicted octanol–water partition coefficient (Wildman–Crippen LogP) is 14.4. The Hall–Kier alpha value is -2.20. The number of hydrogen-bond acceptors (Lipinski definition) is 11. The van der Waals surface area contributed by atoms with Crippen LogP contribution in [0.15, 0.2) is 60.8 Å². The Bertz CT molecular complexity index is 1480. The zero-order valence-corrected chi connectivity index (χ0v) is 46.3. The Kier molecular flexibility index (Phi) is 46.8. The molecular formula is C59H106O12S. The minimum Gasteiger partial charge on any atom is -0.457 e. The summed E-state index contributed by atoms with van der Waals surface area (Å²) in [7, 11) is -5.07. The van der Waals surface area contributed by atoms with Gasteiger partial charge in [-0.15, -0.1) is 0 Å². The molecule has 1 aliphatic heterocycles. The van der Waals surface area contributed by atoms with Gasteiger partial charge in [0.15, 0.2) is 6.29 Å². The zero-order chi connectivity index (χ0) is 52.4. The Morgan fingerprint density at radius 1 is 0.542 bits per heavy atom. The molecule has 0 radical (unpaired) electrons.